The Morgan fingerprint density at radius 2 is 2.10 bits per heavy atom. The summed E-state index contributed by atoms with van der Waals surface area (Å²) in [6.07, 6.45) is 2.25. The Bertz CT molecular complexity index is 626. The molecule has 6 heteroatoms. The fraction of sp³-hybridized carbons (Fsp3) is 0.400. The standard InChI is InChI=1S/C15H16N2O4/c18-13-7-6-11(16-13)14(19)17-8-2-4-9-10(15(20)21)3-1-5-12(9)17/h1,3,5,11H,2,4,6-8H2,(H,16,18)(H,20,21). The number of carbonyl (C=O) groups is 3. The SMILES string of the molecule is O=C1CCC(C(=O)N2CCCc3c(C(=O)O)cccc32)N1. The summed E-state index contributed by atoms with van der Waals surface area (Å²) < 4.78 is 0. The molecule has 0 aromatic heterocycles. The number of fused-ring (bicyclic) bond motifs is 1. The lowest BCUT2D eigenvalue weighted by molar-refractivity contribution is -0.124. The fourth-order valence-electron chi connectivity index (χ4n) is 3.04. The molecule has 0 radical (unpaired) electrons. The van der Waals surface area contributed by atoms with E-state index in [9.17, 15) is 19.5 Å². The van der Waals surface area contributed by atoms with Crippen molar-refractivity contribution in [3.05, 3.63) is 29.3 Å². The molecular weight excluding hydrogens is 272 g/mol. The molecular formula is C15H16N2O4. The topological polar surface area (TPSA) is 86.7 Å². The van der Waals surface area contributed by atoms with Crippen LogP contribution in [0.4, 0.5) is 5.69 Å². The van der Waals surface area contributed by atoms with Gasteiger partial charge in [-0.3, -0.25) is 9.59 Å². The van der Waals surface area contributed by atoms with Crippen LogP contribution in [0.25, 0.3) is 0 Å². The van der Waals surface area contributed by atoms with Crippen molar-refractivity contribution in [3.63, 3.8) is 0 Å². The van der Waals surface area contributed by atoms with Gasteiger partial charge in [0.05, 0.1) is 5.56 Å². The monoisotopic (exact) mass is 288 g/mol. The van der Waals surface area contributed by atoms with Gasteiger partial charge in [0.15, 0.2) is 0 Å². The van der Waals surface area contributed by atoms with Crippen LogP contribution in [0.15, 0.2) is 18.2 Å². The summed E-state index contributed by atoms with van der Waals surface area (Å²) in [5, 5.41) is 11.9. The van der Waals surface area contributed by atoms with E-state index in [-0.39, 0.29) is 17.4 Å². The van der Waals surface area contributed by atoms with Crippen LogP contribution in [0.1, 0.15) is 35.2 Å². The minimum absolute atomic E-state index is 0.107. The number of aromatic carboxylic acids is 1. The smallest absolute Gasteiger partial charge is 0.336 e. The van der Waals surface area contributed by atoms with Gasteiger partial charge in [-0.05, 0) is 37.0 Å². The maximum Gasteiger partial charge on any atom is 0.336 e. The minimum Gasteiger partial charge on any atom is -0.478 e. The highest BCUT2D eigenvalue weighted by atomic mass is 16.4. The molecule has 0 saturated carbocycles. The molecule has 2 heterocycles. The largest absolute Gasteiger partial charge is 0.478 e. The van der Waals surface area contributed by atoms with E-state index in [0.717, 1.165) is 6.42 Å². The number of carbonyl (C=O) groups excluding carboxylic acids is 2. The van der Waals surface area contributed by atoms with E-state index in [0.29, 0.717) is 37.1 Å². The molecule has 1 aromatic carbocycles. The number of carboxylic acid groups (broad SMARTS) is 1. The summed E-state index contributed by atoms with van der Waals surface area (Å²) in [4.78, 5) is 36.7. The third-order valence-corrected chi connectivity index (χ3v) is 4.04. The molecule has 3 rings (SSSR count). The van der Waals surface area contributed by atoms with Gasteiger partial charge in [-0.2, -0.15) is 0 Å². The normalized spacial score (nSPS) is 20.9. The van der Waals surface area contributed by atoms with Gasteiger partial charge in [-0.15, -0.1) is 0 Å². The second-order valence-electron chi connectivity index (χ2n) is 5.36. The third-order valence-electron chi connectivity index (χ3n) is 4.04. The minimum atomic E-state index is -0.977. The molecule has 2 aliphatic rings. The van der Waals surface area contributed by atoms with Crippen LogP contribution in [0, 0.1) is 0 Å². The number of benzene rings is 1. The van der Waals surface area contributed by atoms with Gasteiger partial charge in [0.25, 0.3) is 0 Å². The van der Waals surface area contributed by atoms with E-state index >= 15 is 0 Å². The predicted molar refractivity (Wildman–Crippen MR) is 75.2 cm³/mol. The predicted octanol–water partition coefficient (Wildman–Crippen LogP) is 0.943. The second-order valence-corrected chi connectivity index (χ2v) is 5.36. The first-order chi connectivity index (χ1) is 10.1. The number of hydrogen-bond acceptors (Lipinski definition) is 3. The van der Waals surface area contributed by atoms with E-state index in [1.807, 2.05) is 0 Å². The lowest BCUT2D eigenvalue weighted by atomic mass is 9.95. The number of hydrogen-bond donors (Lipinski definition) is 2. The molecule has 0 bridgehead atoms. The average molecular weight is 288 g/mol. The van der Waals surface area contributed by atoms with Gasteiger partial charge in [0, 0.05) is 18.7 Å². The molecule has 1 fully saturated rings. The van der Waals surface area contributed by atoms with Crippen LogP contribution in [0.3, 0.4) is 0 Å². The van der Waals surface area contributed by atoms with E-state index in [1.165, 1.54) is 0 Å². The molecule has 1 atom stereocenters. The van der Waals surface area contributed by atoms with Crippen molar-refractivity contribution in [1.82, 2.24) is 5.32 Å². The van der Waals surface area contributed by atoms with Crippen LogP contribution in [-0.4, -0.2) is 35.5 Å². The Hall–Kier alpha value is -2.37. The number of nitrogens with one attached hydrogen (secondary N) is 1. The maximum absolute atomic E-state index is 12.6. The molecule has 0 spiro atoms. The van der Waals surface area contributed by atoms with Crippen LogP contribution >= 0.6 is 0 Å². The van der Waals surface area contributed by atoms with Crippen LogP contribution in [0.5, 0.6) is 0 Å². The Kier molecular flexibility index (Phi) is 3.37. The molecule has 1 aromatic rings. The molecule has 1 saturated heterocycles. The number of amides is 2. The molecule has 6 nitrogen and oxygen atoms in total. The molecule has 2 aliphatic heterocycles. The molecule has 21 heavy (non-hydrogen) atoms. The van der Waals surface area contributed by atoms with Crippen molar-refractivity contribution in [2.75, 3.05) is 11.4 Å². The molecule has 2 N–H and O–H groups in total. The zero-order chi connectivity index (χ0) is 15.0. The average Bonchev–Trinajstić information content (AvgIpc) is 2.91. The van der Waals surface area contributed by atoms with Crippen LogP contribution < -0.4 is 10.2 Å². The highest BCUT2D eigenvalue weighted by molar-refractivity contribution is 6.03. The van der Waals surface area contributed by atoms with Crippen molar-refractivity contribution in [1.29, 1.82) is 0 Å². The van der Waals surface area contributed by atoms with Gasteiger partial charge in [0.1, 0.15) is 6.04 Å². The van der Waals surface area contributed by atoms with Crippen molar-refractivity contribution in [2.45, 2.75) is 31.7 Å². The Morgan fingerprint density at radius 1 is 1.29 bits per heavy atom. The highest BCUT2D eigenvalue weighted by Crippen LogP contribution is 2.31. The first-order valence-electron chi connectivity index (χ1n) is 7.04. The summed E-state index contributed by atoms with van der Waals surface area (Å²) in [6.45, 7) is 0.557. The Morgan fingerprint density at radius 3 is 2.76 bits per heavy atom. The Labute approximate surface area is 121 Å². The van der Waals surface area contributed by atoms with E-state index < -0.39 is 12.0 Å². The van der Waals surface area contributed by atoms with Gasteiger partial charge in [-0.25, -0.2) is 4.79 Å². The summed E-state index contributed by atoms with van der Waals surface area (Å²) in [6, 6.07) is 4.50. The number of carboxylic acids is 1. The van der Waals surface area contributed by atoms with E-state index in [2.05, 4.69) is 5.32 Å². The van der Waals surface area contributed by atoms with Gasteiger partial charge in [-0.1, -0.05) is 6.07 Å². The summed E-state index contributed by atoms with van der Waals surface area (Å²) in [5.74, 6) is -1.23. The molecule has 0 aliphatic carbocycles. The quantitative estimate of drug-likeness (QED) is 0.848. The van der Waals surface area contributed by atoms with Crippen molar-refractivity contribution < 1.29 is 19.5 Å². The Balaban J connectivity index is 1.94. The van der Waals surface area contributed by atoms with Crippen molar-refractivity contribution in [2.24, 2.45) is 0 Å². The highest BCUT2D eigenvalue weighted by Gasteiger charge is 2.34. The number of anilines is 1. The van der Waals surface area contributed by atoms with Gasteiger partial charge < -0.3 is 15.3 Å². The fourth-order valence-corrected chi connectivity index (χ4v) is 3.04. The number of nitrogens with zero attached hydrogens (tertiary/aromatic N) is 1. The molecule has 110 valence electrons. The zero-order valence-electron chi connectivity index (χ0n) is 11.5. The summed E-state index contributed by atoms with van der Waals surface area (Å²) >= 11 is 0. The first-order valence-corrected chi connectivity index (χ1v) is 7.04. The first kappa shape index (κ1) is 13.6. The van der Waals surface area contributed by atoms with Crippen LogP contribution in [-0.2, 0) is 16.0 Å². The maximum atomic E-state index is 12.6. The number of rotatable bonds is 2. The van der Waals surface area contributed by atoms with Crippen LogP contribution in [0.2, 0.25) is 0 Å². The van der Waals surface area contributed by atoms with Gasteiger partial charge in [0.2, 0.25) is 11.8 Å². The van der Waals surface area contributed by atoms with E-state index in [4.69, 9.17) is 0 Å². The summed E-state index contributed by atoms with van der Waals surface area (Å²) in [7, 11) is 0. The summed E-state index contributed by atoms with van der Waals surface area (Å²) in [5.41, 5.74) is 1.61. The molecule has 1 unspecified atom stereocenters. The second kappa shape index (κ2) is 5.20. The lowest BCUT2D eigenvalue weighted by Crippen LogP contribution is -2.46. The third kappa shape index (κ3) is 2.37. The lowest BCUT2D eigenvalue weighted by Gasteiger charge is -2.32. The zero-order valence-corrected chi connectivity index (χ0v) is 11.5. The van der Waals surface area contributed by atoms with E-state index in [1.54, 1.807) is 23.1 Å². The van der Waals surface area contributed by atoms with Crippen molar-refractivity contribution in [3.8, 4) is 0 Å². The van der Waals surface area contributed by atoms with Crippen molar-refractivity contribution >= 4 is 23.5 Å². The molecule has 2 amide bonds. The van der Waals surface area contributed by atoms with Gasteiger partial charge >= 0.3 is 5.97 Å².